The van der Waals surface area contributed by atoms with E-state index in [2.05, 4.69) is 23.1 Å². The molecule has 4 heteroatoms. The molecule has 0 bridgehead atoms. The lowest BCUT2D eigenvalue weighted by Crippen LogP contribution is -2.38. The first kappa shape index (κ1) is 11.9. The minimum atomic E-state index is 0.0142. The first-order valence-corrected chi connectivity index (χ1v) is 6.22. The maximum absolute atomic E-state index is 11.8. The summed E-state index contributed by atoms with van der Waals surface area (Å²) in [4.78, 5) is 18.1. The molecule has 1 aliphatic rings. The van der Waals surface area contributed by atoms with Crippen molar-refractivity contribution in [3.05, 3.63) is 30.9 Å². The van der Waals surface area contributed by atoms with E-state index >= 15 is 0 Å². The molecule has 2 rings (SSSR count). The van der Waals surface area contributed by atoms with Crippen molar-refractivity contribution in [2.75, 3.05) is 6.54 Å². The molecular weight excluding hydrogens is 214 g/mol. The predicted molar refractivity (Wildman–Crippen MR) is 66.4 cm³/mol. The molecule has 1 aromatic heterocycles. The molecule has 0 radical (unpaired) electrons. The second kappa shape index (κ2) is 5.17. The smallest absolute Gasteiger partial charge is 0.246 e. The Hall–Kier alpha value is -1.58. The molecule has 1 unspecified atom stereocenters. The molecular formula is C13H19N3O. The normalized spacial score (nSPS) is 20.3. The summed E-state index contributed by atoms with van der Waals surface area (Å²) in [5.74, 6) is 1.02. The summed E-state index contributed by atoms with van der Waals surface area (Å²) in [6.07, 6.45) is 8.41. The van der Waals surface area contributed by atoms with E-state index in [9.17, 15) is 4.79 Å². The number of imidazole rings is 1. The number of carbonyl (C=O) groups excluding carboxylic acids is 1. The highest BCUT2D eigenvalue weighted by molar-refractivity contribution is 5.87. The SMILES string of the molecule is C=CC(=O)N1CCCCC1c1nccn1CC. The van der Waals surface area contributed by atoms with Gasteiger partial charge in [-0.3, -0.25) is 4.79 Å². The third-order valence-electron chi connectivity index (χ3n) is 3.35. The van der Waals surface area contributed by atoms with Crippen molar-refractivity contribution in [2.45, 2.75) is 38.8 Å². The van der Waals surface area contributed by atoms with Gasteiger partial charge in [-0.2, -0.15) is 0 Å². The van der Waals surface area contributed by atoms with Crippen LogP contribution in [0.4, 0.5) is 0 Å². The Morgan fingerprint density at radius 1 is 1.65 bits per heavy atom. The van der Waals surface area contributed by atoms with Crippen LogP contribution >= 0.6 is 0 Å². The number of hydrogen-bond donors (Lipinski definition) is 0. The molecule has 2 heterocycles. The zero-order valence-corrected chi connectivity index (χ0v) is 10.3. The van der Waals surface area contributed by atoms with Crippen molar-refractivity contribution in [2.24, 2.45) is 0 Å². The molecule has 4 nitrogen and oxygen atoms in total. The van der Waals surface area contributed by atoms with Crippen molar-refractivity contribution in [3.63, 3.8) is 0 Å². The van der Waals surface area contributed by atoms with Crippen LogP contribution in [0.2, 0.25) is 0 Å². The number of amides is 1. The average molecular weight is 233 g/mol. The Balaban J connectivity index is 2.27. The quantitative estimate of drug-likeness (QED) is 0.750. The number of likely N-dealkylation sites (tertiary alicyclic amines) is 1. The molecule has 0 N–H and O–H groups in total. The van der Waals surface area contributed by atoms with E-state index in [4.69, 9.17) is 0 Å². The van der Waals surface area contributed by atoms with Crippen molar-refractivity contribution in [1.82, 2.24) is 14.5 Å². The second-order valence-electron chi connectivity index (χ2n) is 4.32. The highest BCUT2D eigenvalue weighted by atomic mass is 16.2. The molecule has 1 amide bonds. The Bertz CT molecular complexity index is 411. The number of aromatic nitrogens is 2. The van der Waals surface area contributed by atoms with Gasteiger partial charge in [-0.25, -0.2) is 4.98 Å². The number of piperidine rings is 1. The Labute approximate surface area is 102 Å². The molecule has 0 spiro atoms. The van der Waals surface area contributed by atoms with Crippen LogP contribution in [0.25, 0.3) is 0 Å². The minimum absolute atomic E-state index is 0.0142. The van der Waals surface area contributed by atoms with Gasteiger partial charge < -0.3 is 9.47 Å². The highest BCUT2D eigenvalue weighted by Gasteiger charge is 2.29. The fourth-order valence-corrected chi connectivity index (χ4v) is 2.47. The molecule has 17 heavy (non-hydrogen) atoms. The van der Waals surface area contributed by atoms with Gasteiger partial charge in [-0.15, -0.1) is 0 Å². The van der Waals surface area contributed by atoms with E-state index < -0.39 is 0 Å². The number of rotatable bonds is 3. The summed E-state index contributed by atoms with van der Waals surface area (Å²) >= 11 is 0. The molecule has 0 saturated carbocycles. The second-order valence-corrected chi connectivity index (χ2v) is 4.32. The topological polar surface area (TPSA) is 38.1 Å². The van der Waals surface area contributed by atoms with E-state index in [1.165, 1.54) is 6.08 Å². The third kappa shape index (κ3) is 2.25. The van der Waals surface area contributed by atoms with Gasteiger partial charge in [0.25, 0.3) is 0 Å². The van der Waals surface area contributed by atoms with Crippen LogP contribution in [0.5, 0.6) is 0 Å². The first-order valence-electron chi connectivity index (χ1n) is 6.22. The lowest BCUT2D eigenvalue weighted by Gasteiger charge is -2.34. The van der Waals surface area contributed by atoms with Crippen LogP contribution in [-0.4, -0.2) is 26.9 Å². The first-order chi connectivity index (χ1) is 8.27. The van der Waals surface area contributed by atoms with E-state index in [0.29, 0.717) is 0 Å². The van der Waals surface area contributed by atoms with Gasteiger partial charge in [0.2, 0.25) is 5.91 Å². The molecule has 1 fully saturated rings. The summed E-state index contributed by atoms with van der Waals surface area (Å²) in [7, 11) is 0. The maximum Gasteiger partial charge on any atom is 0.246 e. The summed E-state index contributed by atoms with van der Waals surface area (Å²) in [5.41, 5.74) is 0. The lowest BCUT2D eigenvalue weighted by molar-refractivity contribution is -0.130. The predicted octanol–water partition coefficient (Wildman–Crippen LogP) is 2.14. The molecule has 1 atom stereocenters. The number of aryl methyl sites for hydroxylation is 1. The van der Waals surface area contributed by atoms with Gasteiger partial charge >= 0.3 is 0 Å². The van der Waals surface area contributed by atoms with Crippen LogP contribution < -0.4 is 0 Å². The minimum Gasteiger partial charge on any atom is -0.333 e. The third-order valence-corrected chi connectivity index (χ3v) is 3.35. The van der Waals surface area contributed by atoms with Crippen molar-refractivity contribution < 1.29 is 4.79 Å². The van der Waals surface area contributed by atoms with E-state index in [1.54, 1.807) is 0 Å². The Morgan fingerprint density at radius 2 is 2.47 bits per heavy atom. The van der Waals surface area contributed by atoms with E-state index in [0.717, 1.165) is 38.2 Å². The average Bonchev–Trinajstić information content (AvgIpc) is 2.86. The Morgan fingerprint density at radius 3 is 3.18 bits per heavy atom. The number of hydrogen-bond acceptors (Lipinski definition) is 2. The van der Waals surface area contributed by atoms with Crippen molar-refractivity contribution in [1.29, 1.82) is 0 Å². The summed E-state index contributed by atoms with van der Waals surface area (Å²) in [6.45, 7) is 7.37. The van der Waals surface area contributed by atoms with Gasteiger partial charge in [0.1, 0.15) is 5.82 Å². The molecule has 92 valence electrons. The van der Waals surface area contributed by atoms with Gasteiger partial charge in [0, 0.05) is 25.5 Å². The molecule has 1 aromatic rings. The number of nitrogens with zero attached hydrogens (tertiary/aromatic N) is 3. The fraction of sp³-hybridized carbons (Fsp3) is 0.538. The zero-order valence-electron chi connectivity index (χ0n) is 10.3. The van der Waals surface area contributed by atoms with Gasteiger partial charge in [-0.05, 0) is 32.3 Å². The van der Waals surface area contributed by atoms with Crippen LogP contribution in [0, 0.1) is 0 Å². The van der Waals surface area contributed by atoms with Gasteiger partial charge in [0.05, 0.1) is 6.04 Å². The number of carbonyl (C=O) groups is 1. The largest absolute Gasteiger partial charge is 0.333 e. The summed E-state index contributed by atoms with van der Waals surface area (Å²) in [5, 5.41) is 0. The van der Waals surface area contributed by atoms with Crippen LogP contribution in [-0.2, 0) is 11.3 Å². The van der Waals surface area contributed by atoms with Gasteiger partial charge in [-0.1, -0.05) is 6.58 Å². The highest BCUT2D eigenvalue weighted by Crippen LogP contribution is 2.30. The maximum atomic E-state index is 11.8. The molecule has 1 saturated heterocycles. The monoisotopic (exact) mass is 233 g/mol. The van der Waals surface area contributed by atoms with Crippen LogP contribution in [0.1, 0.15) is 38.1 Å². The zero-order chi connectivity index (χ0) is 12.3. The Kier molecular flexibility index (Phi) is 3.61. The summed E-state index contributed by atoms with van der Waals surface area (Å²) < 4.78 is 2.11. The van der Waals surface area contributed by atoms with E-state index in [-0.39, 0.29) is 11.9 Å². The van der Waals surface area contributed by atoms with Crippen molar-refractivity contribution in [3.8, 4) is 0 Å². The molecule has 0 aliphatic carbocycles. The standard InChI is InChI=1S/C13H19N3O/c1-3-12(17)16-9-6-5-7-11(16)13-14-8-10-15(13)4-2/h3,8,10-11H,1,4-7,9H2,2H3. The van der Waals surface area contributed by atoms with Gasteiger partial charge in [0.15, 0.2) is 0 Å². The van der Waals surface area contributed by atoms with Crippen LogP contribution in [0.3, 0.4) is 0 Å². The van der Waals surface area contributed by atoms with E-state index in [1.807, 2.05) is 17.3 Å². The van der Waals surface area contributed by atoms with Crippen LogP contribution in [0.15, 0.2) is 25.0 Å². The summed E-state index contributed by atoms with van der Waals surface area (Å²) in [6, 6.07) is 0.115. The fourth-order valence-electron chi connectivity index (χ4n) is 2.47. The molecule has 1 aliphatic heterocycles. The van der Waals surface area contributed by atoms with Crippen molar-refractivity contribution >= 4 is 5.91 Å². The lowest BCUT2D eigenvalue weighted by atomic mass is 10.0. The molecule has 0 aromatic carbocycles.